The van der Waals surface area contributed by atoms with Gasteiger partial charge in [-0.05, 0) is 26.1 Å². The fraction of sp³-hybridized carbons (Fsp3) is 0.455. The Labute approximate surface area is 95.2 Å². The molecule has 1 heterocycles. The van der Waals surface area contributed by atoms with Crippen molar-refractivity contribution in [3.8, 4) is 5.75 Å². The van der Waals surface area contributed by atoms with Crippen molar-refractivity contribution in [2.24, 2.45) is 0 Å². The Morgan fingerprint density at radius 3 is 2.88 bits per heavy atom. The van der Waals surface area contributed by atoms with E-state index in [9.17, 15) is 4.79 Å². The van der Waals surface area contributed by atoms with Gasteiger partial charge in [0.05, 0.1) is 11.9 Å². The van der Waals surface area contributed by atoms with E-state index in [-0.39, 0.29) is 12.5 Å². The standard InChI is InChI=1S/C11H17N3O2/c1-3-13-11(15)8-16-10-5-4-9(6-12-2)14-7-10/h4-5,7,12H,3,6,8H2,1-2H3,(H,13,15). The first-order chi connectivity index (χ1) is 7.76. The highest BCUT2D eigenvalue weighted by molar-refractivity contribution is 5.77. The number of likely N-dealkylation sites (N-methyl/N-ethyl adjacent to an activating group) is 1. The second-order valence-electron chi connectivity index (χ2n) is 3.26. The number of nitrogens with one attached hydrogen (secondary N) is 2. The molecule has 2 N–H and O–H groups in total. The van der Waals surface area contributed by atoms with Gasteiger partial charge in [0, 0.05) is 13.1 Å². The molecule has 0 saturated heterocycles. The number of hydrogen-bond acceptors (Lipinski definition) is 4. The highest BCUT2D eigenvalue weighted by Gasteiger charge is 2.01. The summed E-state index contributed by atoms with van der Waals surface area (Å²) in [5.74, 6) is 0.480. The topological polar surface area (TPSA) is 63.2 Å². The van der Waals surface area contributed by atoms with E-state index < -0.39 is 0 Å². The van der Waals surface area contributed by atoms with Gasteiger partial charge in [-0.1, -0.05) is 0 Å². The Morgan fingerprint density at radius 2 is 2.31 bits per heavy atom. The molecule has 0 fully saturated rings. The van der Waals surface area contributed by atoms with Gasteiger partial charge >= 0.3 is 0 Å². The molecule has 5 nitrogen and oxygen atoms in total. The average molecular weight is 223 g/mol. The highest BCUT2D eigenvalue weighted by Crippen LogP contribution is 2.08. The minimum absolute atomic E-state index is 0.0287. The second-order valence-corrected chi connectivity index (χ2v) is 3.26. The lowest BCUT2D eigenvalue weighted by Gasteiger charge is -2.06. The van der Waals surface area contributed by atoms with Crippen LogP contribution in [0.4, 0.5) is 0 Å². The van der Waals surface area contributed by atoms with Crippen LogP contribution in [0.15, 0.2) is 18.3 Å². The monoisotopic (exact) mass is 223 g/mol. The lowest BCUT2D eigenvalue weighted by molar-refractivity contribution is -0.122. The van der Waals surface area contributed by atoms with Crippen molar-refractivity contribution in [2.75, 3.05) is 20.2 Å². The number of carbonyl (C=O) groups is 1. The normalized spacial score (nSPS) is 9.88. The number of amides is 1. The average Bonchev–Trinajstić information content (AvgIpc) is 2.29. The molecule has 0 saturated carbocycles. The summed E-state index contributed by atoms with van der Waals surface area (Å²) in [6, 6.07) is 3.67. The number of aromatic nitrogens is 1. The van der Waals surface area contributed by atoms with Crippen LogP contribution in [0.1, 0.15) is 12.6 Å². The minimum atomic E-state index is -0.123. The zero-order chi connectivity index (χ0) is 11.8. The van der Waals surface area contributed by atoms with Gasteiger partial charge in [0.25, 0.3) is 5.91 Å². The van der Waals surface area contributed by atoms with E-state index in [0.717, 1.165) is 12.2 Å². The molecule has 1 aromatic heterocycles. The van der Waals surface area contributed by atoms with Gasteiger partial charge in [0.15, 0.2) is 6.61 Å². The quantitative estimate of drug-likeness (QED) is 0.729. The molecule has 0 bridgehead atoms. The van der Waals surface area contributed by atoms with Crippen LogP contribution in [0, 0.1) is 0 Å². The molecular weight excluding hydrogens is 206 g/mol. The van der Waals surface area contributed by atoms with Crippen LogP contribution in [-0.2, 0) is 11.3 Å². The summed E-state index contributed by atoms with van der Waals surface area (Å²) in [5.41, 5.74) is 0.938. The maximum absolute atomic E-state index is 11.1. The molecule has 16 heavy (non-hydrogen) atoms. The molecule has 0 aromatic carbocycles. The molecule has 0 atom stereocenters. The van der Waals surface area contributed by atoms with Crippen LogP contribution in [0.5, 0.6) is 5.75 Å². The molecule has 0 aliphatic carbocycles. The van der Waals surface area contributed by atoms with Crippen molar-refractivity contribution in [3.05, 3.63) is 24.0 Å². The number of ether oxygens (including phenoxy) is 1. The van der Waals surface area contributed by atoms with Crippen LogP contribution in [0.2, 0.25) is 0 Å². The number of rotatable bonds is 6. The van der Waals surface area contributed by atoms with Crippen molar-refractivity contribution in [2.45, 2.75) is 13.5 Å². The van der Waals surface area contributed by atoms with Crippen molar-refractivity contribution >= 4 is 5.91 Å². The molecule has 1 rings (SSSR count). The first kappa shape index (κ1) is 12.4. The molecular formula is C11H17N3O2. The Morgan fingerprint density at radius 1 is 1.50 bits per heavy atom. The zero-order valence-corrected chi connectivity index (χ0v) is 9.62. The summed E-state index contributed by atoms with van der Waals surface area (Å²) in [6.45, 7) is 3.23. The third-order valence-electron chi connectivity index (χ3n) is 1.90. The Kier molecular flexibility index (Phi) is 5.28. The van der Waals surface area contributed by atoms with E-state index in [1.54, 1.807) is 12.3 Å². The molecule has 0 unspecified atom stereocenters. The van der Waals surface area contributed by atoms with Crippen molar-refractivity contribution in [3.63, 3.8) is 0 Å². The predicted molar refractivity (Wildman–Crippen MR) is 61.2 cm³/mol. The smallest absolute Gasteiger partial charge is 0.257 e. The maximum atomic E-state index is 11.1. The summed E-state index contributed by atoms with van der Waals surface area (Å²) in [4.78, 5) is 15.3. The Balaban J connectivity index is 2.40. The van der Waals surface area contributed by atoms with Crippen molar-refractivity contribution in [1.29, 1.82) is 0 Å². The number of nitrogens with zero attached hydrogens (tertiary/aromatic N) is 1. The molecule has 1 aromatic rings. The third-order valence-corrected chi connectivity index (χ3v) is 1.90. The first-order valence-corrected chi connectivity index (χ1v) is 5.25. The van der Waals surface area contributed by atoms with E-state index in [1.807, 2.05) is 20.0 Å². The Bertz CT molecular complexity index is 325. The summed E-state index contributed by atoms with van der Waals surface area (Å²) in [7, 11) is 1.86. The fourth-order valence-corrected chi connectivity index (χ4v) is 1.18. The molecule has 5 heteroatoms. The first-order valence-electron chi connectivity index (χ1n) is 5.25. The SMILES string of the molecule is CCNC(=O)COc1ccc(CNC)nc1. The van der Waals surface area contributed by atoms with E-state index in [1.165, 1.54) is 0 Å². The van der Waals surface area contributed by atoms with Gasteiger partial charge in [0.1, 0.15) is 5.75 Å². The highest BCUT2D eigenvalue weighted by atomic mass is 16.5. The molecule has 0 radical (unpaired) electrons. The second kappa shape index (κ2) is 6.79. The van der Waals surface area contributed by atoms with Gasteiger partial charge in [-0.25, -0.2) is 0 Å². The van der Waals surface area contributed by atoms with E-state index in [0.29, 0.717) is 12.3 Å². The summed E-state index contributed by atoms with van der Waals surface area (Å²) in [6.07, 6.45) is 1.62. The molecule has 0 spiro atoms. The van der Waals surface area contributed by atoms with Crippen LogP contribution >= 0.6 is 0 Å². The Hall–Kier alpha value is -1.62. The van der Waals surface area contributed by atoms with E-state index in [2.05, 4.69) is 15.6 Å². The lowest BCUT2D eigenvalue weighted by Crippen LogP contribution is -2.28. The van der Waals surface area contributed by atoms with Gasteiger partial charge in [-0.15, -0.1) is 0 Å². The van der Waals surface area contributed by atoms with Gasteiger partial charge in [-0.3, -0.25) is 9.78 Å². The zero-order valence-electron chi connectivity index (χ0n) is 9.62. The van der Waals surface area contributed by atoms with E-state index in [4.69, 9.17) is 4.74 Å². The fourth-order valence-electron chi connectivity index (χ4n) is 1.18. The van der Waals surface area contributed by atoms with Crippen molar-refractivity contribution < 1.29 is 9.53 Å². The van der Waals surface area contributed by atoms with E-state index >= 15 is 0 Å². The maximum Gasteiger partial charge on any atom is 0.257 e. The van der Waals surface area contributed by atoms with Crippen LogP contribution in [0.3, 0.4) is 0 Å². The number of pyridine rings is 1. The van der Waals surface area contributed by atoms with Crippen LogP contribution < -0.4 is 15.4 Å². The van der Waals surface area contributed by atoms with Gasteiger partial charge in [0.2, 0.25) is 0 Å². The van der Waals surface area contributed by atoms with Gasteiger partial charge in [-0.2, -0.15) is 0 Å². The summed E-state index contributed by atoms with van der Waals surface area (Å²) >= 11 is 0. The lowest BCUT2D eigenvalue weighted by atomic mass is 10.3. The van der Waals surface area contributed by atoms with Crippen LogP contribution in [0.25, 0.3) is 0 Å². The molecule has 0 aliphatic heterocycles. The summed E-state index contributed by atoms with van der Waals surface area (Å²) < 4.78 is 5.26. The van der Waals surface area contributed by atoms with Crippen molar-refractivity contribution in [1.82, 2.24) is 15.6 Å². The van der Waals surface area contributed by atoms with Crippen LogP contribution in [-0.4, -0.2) is 31.1 Å². The van der Waals surface area contributed by atoms with Gasteiger partial charge < -0.3 is 15.4 Å². The number of carbonyl (C=O) groups excluding carboxylic acids is 1. The third kappa shape index (κ3) is 4.27. The minimum Gasteiger partial charge on any atom is -0.482 e. The molecule has 88 valence electrons. The molecule has 0 aliphatic rings. The predicted octanol–water partition coefficient (Wildman–Crippen LogP) is 0.316. The molecule has 1 amide bonds. The summed E-state index contributed by atoms with van der Waals surface area (Å²) in [5, 5.41) is 5.66. The number of hydrogen-bond donors (Lipinski definition) is 2. The largest absolute Gasteiger partial charge is 0.482 e.